The van der Waals surface area contributed by atoms with E-state index in [1.807, 2.05) is 36.4 Å². The highest BCUT2D eigenvalue weighted by Crippen LogP contribution is 2.19. The topological polar surface area (TPSA) is 84.2 Å². The molecule has 0 radical (unpaired) electrons. The number of rotatable bonds is 6. The number of amides is 2. The Labute approximate surface area is 198 Å². The fourth-order valence-electron chi connectivity index (χ4n) is 3.44. The smallest absolute Gasteiger partial charge is 0.257 e. The predicted octanol–water partition coefficient (Wildman–Crippen LogP) is 4.86. The minimum absolute atomic E-state index is 0.260. The molecule has 4 N–H and O–H groups in total. The molecule has 0 saturated carbocycles. The van der Waals surface area contributed by atoms with E-state index in [0.717, 1.165) is 11.4 Å². The van der Waals surface area contributed by atoms with Gasteiger partial charge < -0.3 is 16.4 Å². The van der Waals surface area contributed by atoms with E-state index in [4.69, 9.17) is 5.73 Å². The van der Waals surface area contributed by atoms with E-state index >= 15 is 0 Å². The molecule has 0 aliphatic carbocycles. The predicted molar refractivity (Wildman–Crippen MR) is 146 cm³/mol. The zero-order chi connectivity index (χ0) is 24.4. The van der Waals surface area contributed by atoms with E-state index in [2.05, 4.69) is 62.0 Å². The van der Waals surface area contributed by atoms with Crippen LogP contribution in [0.25, 0.3) is 0 Å². The second-order valence-electron chi connectivity index (χ2n) is 10.4. The molecule has 0 atom stereocenters. The molecule has 0 aliphatic heterocycles. The summed E-state index contributed by atoms with van der Waals surface area (Å²) in [6.07, 6.45) is 0. The molecule has 3 rings (SSSR count). The lowest BCUT2D eigenvalue weighted by atomic mass is 10.1. The number of hydrogen-bond acceptors (Lipinski definition) is 3. The average molecular weight is 476 g/mol. The van der Waals surface area contributed by atoms with Crippen LogP contribution in [0.4, 0.5) is 17.1 Å². The van der Waals surface area contributed by atoms with Gasteiger partial charge in [-0.05, 0) is 42.5 Å². The van der Waals surface area contributed by atoms with Crippen molar-refractivity contribution in [1.29, 1.82) is 0 Å². The van der Waals surface area contributed by atoms with Crippen LogP contribution in [0.2, 0.25) is 39.3 Å². The molecule has 0 saturated heterocycles. The maximum absolute atomic E-state index is 12.8. The Morgan fingerprint density at radius 2 is 1.15 bits per heavy atom. The molecular weight excluding hydrogens is 442 g/mol. The molecule has 0 unspecified atom stereocenters. The molecule has 3 aromatic carbocycles. The number of anilines is 3. The fourth-order valence-corrected chi connectivity index (χ4v) is 5.81. The third-order valence-electron chi connectivity index (χ3n) is 5.53. The van der Waals surface area contributed by atoms with Crippen molar-refractivity contribution in [2.45, 2.75) is 39.3 Å². The van der Waals surface area contributed by atoms with Gasteiger partial charge in [-0.1, -0.05) is 73.9 Å². The summed E-state index contributed by atoms with van der Waals surface area (Å²) in [5, 5.41) is 8.40. The maximum atomic E-state index is 12.8. The first kappa shape index (κ1) is 24.5. The van der Waals surface area contributed by atoms with Gasteiger partial charge in [0.05, 0.1) is 21.7 Å². The van der Waals surface area contributed by atoms with Crippen LogP contribution in [0.1, 0.15) is 20.7 Å². The SMILES string of the molecule is C[Si](C)(C)c1cccc(NC(=O)c2ccc(C(=O)Nc3cccc([Si](C)(C)C)c3)c(N)c2)c1. The van der Waals surface area contributed by atoms with Gasteiger partial charge in [0.25, 0.3) is 11.8 Å². The van der Waals surface area contributed by atoms with Crippen molar-refractivity contribution in [3.63, 3.8) is 0 Å². The first-order chi connectivity index (χ1) is 15.3. The standard InChI is InChI=1S/C26H33N3O2Si2/c1-32(2,3)21-11-7-9-19(16-21)28-25(30)18-13-14-23(24(27)15-18)26(31)29-20-10-8-12-22(17-20)33(4,5)6/h7-17H,27H2,1-6H3,(H,28,30)(H,29,31). The van der Waals surface area contributed by atoms with Crippen LogP contribution in [0, 0.1) is 0 Å². The second-order valence-corrected chi connectivity index (χ2v) is 20.5. The van der Waals surface area contributed by atoms with Crippen molar-refractivity contribution in [3.8, 4) is 0 Å². The number of nitrogens with two attached hydrogens (primary N) is 1. The summed E-state index contributed by atoms with van der Waals surface area (Å²) in [5.74, 6) is -0.556. The summed E-state index contributed by atoms with van der Waals surface area (Å²) in [4.78, 5) is 25.6. The minimum Gasteiger partial charge on any atom is -0.398 e. The Kier molecular flexibility index (Phi) is 6.95. The molecule has 0 heterocycles. The van der Waals surface area contributed by atoms with Gasteiger partial charge in [-0.2, -0.15) is 0 Å². The van der Waals surface area contributed by atoms with Gasteiger partial charge in [0, 0.05) is 22.6 Å². The first-order valence-electron chi connectivity index (χ1n) is 11.1. The minimum atomic E-state index is -1.49. The van der Waals surface area contributed by atoms with E-state index in [1.165, 1.54) is 10.4 Å². The van der Waals surface area contributed by atoms with Crippen LogP contribution >= 0.6 is 0 Å². The zero-order valence-electron chi connectivity index (χ0n) is 20.2. The van der Waals surface area contributed by atoms with Crippen LogP contribution in [-0.2, 0) is 0 Å². The number of benzene rings is 3. The Morgan fingerprint density at radius 1 is 0.667 bits per heavy atom. The molecule has 5 nitrogen and oxygen atoms in total. The molecule has 2 amide bonds. The summed E-state index contributed by atoms with van der Waals surface area (Å²) >= 11 is 0. The Bertz CT molecular complexity index is 1190. The van der Waals surface area contributed by atoms with Gasteiger partial charge in [0.15, 0.2) is 0 Å². The van der Waals surface area contributed by atoms with Crippen LogP contribution < -0.4 is 26.7 Å². The van der Waals surface area contributed by atoms with E-state index in [0.29, 0.717) is 11.1 Å². The normalized spacial score (nSPS) is 11.7. The number of hydrogen-bond donors (Lipinski definition) is 3. The Balaban J connectivity index is 1.75. The molecule has 0 spiro atoms. The van der Waals surface area contributed by atoms with Crippen molar-refractivity contribution in [1.82, 2.24) is 0 Å². The number of nitrogens with one attached hydrogen (secondary N) is 2. The third-order valence-corrected chi connectivity index (χ3v) is 9.62. The van der Waals surface area contributed by atoms with Crippen molar-refractivity contribution in [3.05, 3.63) is 77.9 Å². The van der Waals surface area contributed by atoms with Crippen LogP contribution in [0.15, 0.2) is 66.7 Å². The number of nitrogen functional groups attached to an aromatic ring is 1. The van der Waals surface area contributed by atoms with E-state index in [1.54, 1.807) is 18.2 Å². The highest BCUT2D eigenvalue weighted by Gasteiger charge is 2.19. The monoisotopic (exact) mass is 475 g/mol. The molecular formula is C26H33N3O2Si2. The molecule has 7 heteroatoms. The quantitative estimate of drug-likeness (QED) is 0.351. The highest BCUT2D eigenvalue weighted by atomic mass is 28.3. The Morgan fingerprint density at radius 3 is 1.61 bits per heavy atom. The van der Waals surface area contributed by atoms with E-state index in [9.17, 15) is 9.59 Å². The van der Waals surface area contributed by atoms with Gasteiger partial charge in [-0.25, -0.2) is 0 Å². The van der Waals surface area contributed by atoms with Gasteiger partial charge in [0.1, 0.15) is 0 Å². The summed E-state index contributed by atoms with van der Waals surface area (Å²) < 4.78 is 0. The van der Waals surface area contributed by atoms with Crippen LogP contribution in [0.5, 0.6) is 0 Å². The van der Waals surface area contributed by atoms with Gasteiger partial charge in [0.2, 0.25) is 0 Å². The van der Waals surface area contributed by atoms with Gasteiger partial charge >= 0.3 is 0 Å². The summed E-state index contributed by atoms with van der Waals surface area (Å²) in [7, 11) is -2.97. The summed E-state index contributed by atoms with van der Waals surface area (Å²) in [6.45, 7) is 13.6. The van der Waals surface area contributed by atoms with E-state index < -0.39 is 16.1 Å². The molecule has 0 fully saturated rings. The number of carbonyl (C=O) groups is 2. The van der Waals surface area contributed by atoms with Gasteiger partial charge in [-0.15, -0.1) is 0 Å². The fraction of sp³-hybridized carbons (Fsp3) is 0.231. The third kappa shape index (κ3) is 6.21. The number of carbonyl (C=O) groups excluding carboxylic acids is 2. The summed E-state index contributed by atoms with van der Waals surface area (Å²) in [5.41, 5.74) is 8.66. The average Bonchev–Trinajstić information content (AvgIpc) is 2.72. The molecule has 172 valence electrons. The van der Waals surface area contributed by atoms with Crippen LogP contribution in [0.3, 0.4) is 0 Å². The lowest BCUT2D eigenvalue weighted by Crippen LogP contribution is -2.37. The van der Waals surface area contributed by atoms with Crippen molar-refractivity contribution in [2.24, 2.45) is 0 Å². The molecule has 0 bridgehead atoms. The highest BCUT2D eigenvalue weighted by molar-refractivity contribution is 6.89. The molecule has 0 aliphatic rings. The summed E-state index contributed by atoms with van der Waals surface area (Å²) in [6, 6.07) is 20.7. The second kappa shape index (κ2) is 9.37. The maximum Gasteiger partial charge on any atom is 0.257 e. The molecule has 0 aromatic heterocycles. The molecule has 33 heavy (non-hydrogen) atoms. The van der Waals surface area contributed by atoms with E-state index in [-0.39, 0.29) is 17.5 Å². The largest absolute Gasteiger partial charge is 0.398 e. The lowest BCUT2D eigenvalue weighted by molar-refractivity contribution is 0.101. The lowest BCUT2D eigenvalue weighted by Gasteiger charge is -2.18. The Hall–Kier alpha value is -3.17. The van der Waals surface area contributed by atoms with Crippen molar-refractivity contribution < 1.29 is 9.59 Å². The van der Waals surface area contributed by atoms with Crippen LogP contribution in [-0.4, -0.2) is 28.0 Å². The molecule has 3 aromatic rings. The van der Waals surface area contributed by atoms with Gasteiger partial charge in [-0.3, -0.25) is 9.59 Å². The first-order valence-corrected chi connectivity index (χ1v) is 18.1. The van der Waals surface area contributed by atoms with Crippen molar-refractivity contribution >= 4 is 55.4 Å². The van der Waals surface area contributed by atoms with Crippen molar-refractivity contribution in [2.75, 3.05) is 16.4 Å². The zero-order valence-corrected chi connectivity index (χ0v) is 22.2.